The summed E-state index contributed by atoms with van der Waals surface area (Å²) in [5.41, 5.74) is 3.00. The van der Waals surface area contributed by atoms with Crippen molar-refractivity contribution in [2.24, 2.45) is 0 Å². The van der Waals surface area contributed by atoms with Crippen molar-refractivity contribution >= 4 is 31.8 Å². The molecule has 0 aromatic heterocycles. The maximum Gasteiger partial charge on any atom is 0.377 e. The van der Waals surface area contributed by atoms with Gasteiger partial charge in [-0.1, -0.05) is 175 Å². The Balaban J connectivity index is 1.89. The van der Waals surface area contributed by atoms with Gasteiger partial charge in [-0.25, -0.2) is 0 Å². The molecule has 0 saturated carbocycles. The molecule has 9 nitrogen and oxygen atoms in total. The van der Waals surface area contributed by atoms with Gasteiger partial charge < -0.3 is 18.9 Å². The number of benzene rings is 2. The highest BCUT2D eigenvalue weighted by molar-refractivity contribution is 7.52. The molecule has 1 unspecified atom stereocenters. The SMILES string of the molecule is CCCCCCCCCCCCCCCC(=O)OC[C@H](CO[P+]([O-])(O)OCC[N+](C)(C)C)OC(=O)CC\C(=C/C=C/C=C/c1ccccc1)c1ccccc1. The van der Waals surface area contributed by atoms with E-state index in [4.69, 9.17) is 18.5 Å². The normalized spacial score (nSPS) is 14.0. The lowest BCUT2D eigenvalue weighted by Gasteiger charge is -2.26. The third-order valence-electron chi connectivity index (χ3n) is 9.00. The van der Waals surface area contributed by atoms with Crippen molar-refractivity contribution in [1.29, 1.82) is 0 Å². The largest absolute Gasteiger partial charge is 0.606 e. The minimum atomic E-state index is -4.44. The molecule has 0 fully saturated rings. The maximum atomic E-state index is 13.1. The molecule has 0 saturated heterocycles. The minimum absolute atomic E-state index is 0.000926. The number of ether oxygens (including phenoxy) is 2. The van der Waals surface area contributed by atoms with Crippen molar-refractivity contribution in [3.63, 3.8) is 0 Å². The van der Waals surface area contributed by atoms with Gasteiger partial charge in [0.15, 0.2) is 6.10 Å². The van der Waals surface area contributed by atoms with Crippen molar-refractivity contribution in [2.75, 3.05) is 47.5 Å². The van der Waals surface area contributed by atoms with Gasteiger partial charge in [-0.05, 0) is 29.5 Å². The van der Waals surface area contributed by atoms with E-state index in [1.807, 2.05) is 112 Å². The lowest BCUT2D eigenvalue weighted by Crippen LogP contribution is -2.38. The van der Waals surface area contributed by atoms with Crippen LogP contribution >= 0.6 is 8.17 Å². The summed E-state index contributed by atoms with van der Waals surface area (Å²) in [6.07, 6.45) is 25.1. The number of phosphoric acid groups is 1. The predicted molar refractivity (Wildman–Crippen MR) is 223 cm³/mol. The van der Waals surface area contributed by atoms with Crippen LogP contribution in [-0.2, 0) is 28.1 Å². The second-order valence-electron chi connectivity index (χ2n) is 15.1. The first-order chi connectivity index (χ1) is 26.5. The Morgan fingerprint density at radius 2 is 1.29 bits per heavy atom. The molecule has 2 aromatic rings. The van der Waals surface area contributed by atoms with Gasteiger partial charge in [0.2, 0.25) is 0 Å². The Hall–Kier alpha value is -3.17. The van der Waals surface area contributed by atoms with Gasteiger partial charge in [-0.3, -0.25) is 9.59 Å². The lowest BCUT2D eigenvalue weighted by atomic mass is 10.0. The Labute approximate surface area is 332 Å². The predicted octanol–water partition coefficient (Wildman–Crippen LogP) is 9.83. The van der Waals surface area contributed by atoms with Crippen LogP contribution in [0.1, 0.15) is 121 Å². The molecule has 1 N–H and O–H groups in total. The zero-order valence-electron chi connectivity index (χ0n) is 34.1. The minimum Gasteiger partial charge on any atom is -0.606 e. The van der Waals surface area contributed by atoms with Crippen LogP contribution in [0.2, 0.25) is 0 Å². The van der Waals surface area contributed by atoms with E-state index in [0.717, 1.165) is 29.5 Å². The summed E-state index contributed by atoms with van der Waals surface area (Å²) in [5.74, 6) is -0.951. The van der Waals surface area contributed by atoms with Crippen LogP contribution in [0.3, 0.4) is 0 Å². The fourth-order valence-electron chi connectivity index (χ4n) is 5.73. The van der Waals surface area contributed by atoms with Crippen LogP contribution in [0.5, 0.6) is 0 Å². The van der Waals surface area contributed by atoms with E-state index in [-0.39, 0.29) is 26.1 Å². The van der Waals surface area contributed by atoms with E-state index >= 15 is 0 Å². The number of hydrogen-bond acceptors (Lipinski definition) is 8. The van der Waals surface area contributed by atoms with Gasteiger partial charge in [0, 0.05) is 12.8 Å². The van der Waals surface area contributed by atoms with Crippen LogP contribution in [0.4, 0.5) is 0 Å². The van der Waals surface area contributed by atoms with E-state index in [9.17, 15) is 19.4 Å². The van der Waals surface area contributed by atoms with Crippen LogP contribution < -0.4 is 4.89 Å². The number of hydrogen-bond donors (Lipinski definition) is 1. The second kappa shape index (κ2) is 29.1. The van der Waals surface area contributed by atoms with Crippen molar-refractivity contribution in [3.8, 4) is 0 Å². The van der Waals surface area contributed by atoms with Gasteiger partial charge in [0.1, 0.15) is 26.4 Å². The van der Waals surface area contributed by atoms with Gasteiger partial charge in [0.05, 0.1) is 21.1 Å². The maximum absolute atomic E-state index is 13.1. The first-order valence-corrected chi connectivity index (χ1v) is 21.9. The highest BCUT2D eigenvalue weighted by Crippen LogP contribution is 2.47. The van der Waals surface area contributed by atoms with Gasteiger partial charge in [-0.2, -0.15) is 13.9 Å². The molecule has 0 bridgehead atoms. The fourth-order valence-corrected chi connectivity index (χ4v) is 6.47. The molecule has 306 valence electrons. The van der Waals surface area contributed by atoms with E-state index in [2.05, 4.69) is 6.92 Å². The van der Waals surface area contributed by atoms with E-state index in [1.54, 1.807) is 0 Å². The van der Waals surface area contributed by atoms with Crippen LogP contribution in [0, 0.1) is 0 Å². The number of allylic oxidation sites excluding steroid dienone is 5. The standard InChI is InChI=1S/C45H68NO8P/c1-5-6-7-8-9-10-11-12-13-14-15-16-26-33-44(47)51-38-43(39-53-55(49,50)52-37-36-46(2,3)4)54-45(48)35-34-42(41-30-24-19-25-31-41)32-23-18-22-29-40-27-20-17-21-28-40/h17-25,27-32,43H,5-16,26,33-39H2,1-4H3/p+1/b23-18+,29-22+,42-32+/t43-/m1/s1. The molecular weight excluding hydrogens is 713 g/mol. The van der Waals surface area contributed by atoms with Crippen molar-refractivity contribution in [2.45, 2.75) is 116 Å². The zero-order valence-corrected chi connectivity index (χ0v) is 35.0. The number of nitrogens with zero attached hydrogens (tertiary/aromatic N) is 1. The van der Waals surface area contributed by atoms with Gasteiger partial charge in [-0.15, -0.1) is 0 Å². The first kappa shape index (κ1) is 48.0. The molecule has 0 amide bonds. The number of carbonyl (C=O) groups excluding carboxylic acids is 2. The van der Waals surface area contributed by atoms with E-state index < -0.39 is 32.8 Å². The first-order valence-electron chi connectivity index (χ1n) is 20.4. The van der Waals surface area contributed by atoms with E-state index in [0.29, 0.717) is 23.9 Å². The molecule has 2 aromatic carbocycles. The molecule has 2 atom stereocenters. The van der Waals surface area contributed by atoms with E-state index in [1.165, 1.54) is 64.2 Å². The smallest absolute Gasteiger partial charge is 0.377 e. The quantitative estimate of drug-likeness (QED) is 0.0265. The fraction of sp³-hybridized carbons (Fsp3) is 0.556. The molecule has 2 rings (SSSR count). The summed E-state index contributed by atoms with van der Waals surface area (Å²) in [6, 6.07) is 19.8. The zero-order chi connectivity index (χ0) is 40.0. The molecular formula is C45H69NO8P+. The number of rotatable bonds is 31. The topological polar surface area (TPSA) is 114 Å². The Morgan fingerprint density at radius 1 is 0.709 bits per heavy atom. The summed E-state index contributed by atoms with van der Waals surface area (Å²) in [5, 5.41) is 0. The molecule has 0 aliphatic rings. The average Bonchev–Trinajstić information content (AvgIpc) is 3.15. The second-order valence-corrected chi connectivity index (χ2v) is 16.6. The Kier molecular flexibility index (Phi) is 25.4. The summed E-state index contributed by atoms with van der Waals surface area (Å²) in [6.45, 7) is 1.97. The summed E-state index contributed by atoms with van der Waals surface area (Å²) < 4.78 is 22.0. The van der Waals surface area contributed by atoms with Crippen LogP contribution in [0.15, 0.2) is 85.0 Å². The molecule has 10 heteroatoms. The van der Waals surface area contributed by atoms with Crippen molar-refractivity contribution in [3.05, 3.63) is 96.1 Å². The third kappa shape index (κ3) is 26.3. The summed E-state index contributed by atoms with van der Waals surface area (Å²) in [7, 11) is 1.37. The average molecular weight is 783 g/mol. The van der Waals surface area contributed by atoms with Gasteiger partial charge >= 0.3 is 20.1 Å². The highest BCUT2D eigenvalue weighted by Gasteiger charge is 2.31. The number of likely N-dealkylation sites (N-methyl/N-ethyl adjacent to an activating group) is 1. The number of quaternary nitrogens is 1. The molecule has 0 aliphatic heterocycles. The summed E-state index contributed by atoms with van der Waals surface area (Å²) >= 11 is 0. The number of carbonyl (C=O) groups is 2. The molecule has 0 aliphatic carbocycles. The monoisotopic (exact) mass is 782 g/mol. The third-order valence-corrected chi connectivity index (χ3v) is 9.99. The van der Waals surface area contributed by atoms with Crippen LogP contribution in [-0.4, -0.2) is 74.9 Å². The van der Waals surface area contributed by atoms with Gasteiger partial charge in [0.25, 0.3) is 0 Å². The Bertz CT molecular complexity index is 1390. The molecule has 55 heavy (non-hydrogen) atoms. The summed E-state index contributed by atoms with van der Waals surface area (Å²) in [4.78, 5) is 48.7. The van der Waals surface area contributed by atoms with Crippen LogP contribution in [0.25, 0.3) is 11.6 Å². The number of esters is 2. The Morgan fingerprint density at radius 3 is 1.89 bits per heavy atom. The lowest BCUT2D eigenvalue weighted by molar-refractivity contribution is -0.870. The number of unbranched alkanes of at least 4 members (excludes halogenated alkanes) is 12. The van der Waals surface area contributed by atoms with Crippen molar-refractivity contribution < 1.29 is 42.4 Å². The molecule has 0 heterocycles. The molecule has 0 radical (unpaired) electrons. The van der Waals surface area contributed by atoms with Crippen molar-refractivity contribution in [1.82, 2.24) is 0 Å². The molecule has 0 spiro atoms. The highest BCUT2D eigenvalue weighted by atomic mass is 31.2. The number of phosphoric ester groups is 1.